The first-order valence-corrected chi connectivity index (χ1v) is 9.44. The Morgan fingerprint density at radius 1 is 1.16 bits per heavy atom. The molecule has 0 aliphatic carbocycles. The largest absolute Gasteiger partial charge is 0.369 e. The van der Waals surface area contributed by atoms with Crippen molar-refractivity contribution in [3.05, 3.63) is 29.8 Å². The van der Waals surface area contributed by atoms with Crippen LogP contribution in [0.5, 0.6) is 0 Å². The molecule has 1 fully saturated rings. The number of likely N-dealkylation sites (tertiary alicyclic amines) is 1. The van der Waals surface area contributed by atoms with Gasteiger partial charge in [-0.05, 0) is 71.1 Å². The van der Waals surface area contributed by atoms with Crippen LogP contribution in [0.25, 0.3) is 5.82 Å². The van der Waals surface area contributed by atoms with E-state index in [1.54, 1.807) is 12.4 Å². The lowest BCUT2D eigenvalue weighted by atomic mass is 9.99. The van der Waals surface area contributed by atoms with Crippen molar-refractivity contribution in [2.24, 2.45) is 5.92 Å². The van der Waals surface area contributed by atoms with Crippen molar-refractivity contribution in [3.8, 4) is 5.82 Å². The molecule has 0 radical (unpaired) electrons. The van der Waals surface area contributed by atoms with Crippen LogP contribution in [0.2, 0.25) is 0 Å². The Bertz CT molecular complexity index is 672. The van der Waals surface area contributed by atoms with Gasteiger partial charge in [-0.2, -0.15) is 5.10 Å². The van der Waals surface area contributed by atoms with E-state index in [2.05, 4.69) is 32.2 Å². The van der Waals surface area contributed by atoms with E-state index in [1.165, 1.54) is 38.9 Å². The summed E-state index contributed by atoms with van der Waals surface area (Å²) in [5.41, 5.74) is 2.06. The molecule has 0 atom stereocenters. The molecular formula is C19H30N6. The third-order valence-electron chi connectivity index (χ3n) is 4.93. The van der Waals surface area contributed by atoms with Gasteiger partial charge in [0.15, 0.2) is 5.82 Å². The molecule has 1 saturated heterocycles. The summed E-state index contributed by atoms with van der Waals surface area (Å²) in [6, 6.07) is 2.04. The number of aromatic nitrogens is 4. The Kier molecular flexibility index (Phi) is 6.02. The third kappa shape index (κ3) is 5.01. The van der Waals surface area contributed by atoms with Gasteiger partial charge in [-0.25, -0.2) is 9.67 Å². The van der Waals surface area contributed by atoms with Crippen molar-refractivity contribution in [1.29, 1.82) is 0 Å². The maximum atomic E-state index is 4.63. The molecule has 3 heterocycles. The van der Waals surface area contributed by atoms with Crippen LogP contribution in [0.4, 0.5) is 5.82 Å². The molecular weight excluding hydrogens is 312 g/mol. The van der Waals surface area contributed by atoms with Gasteiger partial charge in [-0.15, -0.1) is 0 Å². The van der Waals surface area contributed by atoms with E-state index in [-0.39, 0.29) is 0 Å². The van der Waals surface area contributed by atoms with Crippen LogP contribution in [-0.4, -0.2) is 50.8 Å². The first kappa shape index (κ1) is 17.9. The van der Waals surface area contributed by atoms with Crippen LogP contribution < -0.4 is 5.32 Å². The van der Waals surface area contributed by atoms with E-state index in [0.717, 1.165) is 41.9 Å². The standard InChI is InChI=1S/C19H30N6/c1-15-6-10-24(11-7-15)9-5-4-8-21-18-13-20-14-19(22-18)25-17(3)12-16(2)23-25/h12-15H,4-11H2,1-3H3,(H,21,22). The fourth-order valence-electron chi connectivity index (χ4n) is 3.37. The molecule has 0 bridgehead atoms. The number of hydrogen-bond donors (Lipinski definition) is 1. The number of aryl methyl sites for hydroxylation is 2. The average Bonchev–Trinajstić information content (AvgIpc) is 2.95. The molecule has 0 spiro atoms. The number of nitrogens with one attached hydrogen (secondary N) is 1. The maximum absolute atomic E-state index is 4.63. The summed E-state index contributed by atoms with van der Waals surface area (Å²) in [5.74, 6) is 2.49. The highest BCUT2D eigenvalue weighted by molar-refractivity contribution is 5.36. The fourth-order valence-corrected chi connectivity index (χ4v) is 3.37. The summed E-state index contributed by atoms with van der Waals surface area (Å²) in [6.45, 7) is 11.1. The van der Waals surface area contributed by atoms with Gasteiger partial charge in [0, 0.05) is 12.2 Å². The normalized spacial score (nSPS) is 16.3. The second-order valence-electron chi connectivity index (χ2n) is 7.26. The van der Waals surface area contributed by atoms with Gasteiger partial charge in [0.2, 0.25) is 0 Å². The zero-order valence-electron chi connectivity index (χ0n) is 15.7. The van der Waals surface area contributed by atoms with Gasteiger partial charge in [0.05, 0.1) is 18.1 Å². The molecule has 2 aromatic heterocycles. The smallest absolute Gasteiger partial charge is 0.174 e. The fraction of sp³-hybridized carbons (Fsp3) is 0.632. The highest BCUT2D eigenvalue weighted by Crippen LogP contribution is 2.16. The summed E-state index contributed by atoms with van der Waals surface area (Å²) >= 11 is 0. The van der Waals surface area contributed by atoms with Gasteiger partial charge < -0.3 is 10.2 Å². The van der Waals surface area contributed by atoms with E-state index >= 15 is 0 Å². The van der Waals surface area contributed by atoms with E-state index in [1.807, 2.05) is 24.6 Å². The average molecular weight is 342 g/mol. The van der Waals surface area contributed by atoms with Crippen molar-refractivity contribution >= 4 is 5.82 Å². The van der Waals surface area contributed by atoms with Gasteiger partial charge in [0.1, 0.15) is 5.82 Å². The Balaban J connectivity index is 1.43. The van der Waals surface area contributed by atoms with Crippen molar-refractivity contribution < 1.29 is 0 Å². The number of unbranched alkanes of at least 4 members (excludes halogenated alkanes) is 1. The number of piperidine rings is 1. The van der Waals surface area contributed by atoms with Gasteiger partial charge in [0.25, 0.3) is 0 Å². The molecule has 3 rings (SSSR count). The van der Waals surface area contributed by atoms with E-state index in [4.69, 9.17) is 0 Å². The van der Waals surface area contributed by atoms with Crippen LogP contribution in [0.1, 0.15) is 44.0 Å². The Labute approximate surface area is 150 Å². The summed E-state index contributed by atoms with van der Waals surface area (Å²) in [4.78, 5) is 11.5. The Morgan fingerprint density at radius 2 is 1.96 bits per heavy atom. The van der Waals surface area contributed by atoms with Gasteiger partial charge in [-0.3, -0.25) is 4.98 Å². The topological polar surface area (TPSA) is 58.9 Å². The van der Waals surface area contributed by atoms with Crippen molar-refractivity contribution in [2.45, 2.75) is 46.5 Å². The quantitative estimate of drug-likeness (QED) is 0.783. The summed E-state index contributed by atoms with van der Waals surface area (Å²) < 4.78 is 1.84. The number of nitrogens with zero attached hydrogens (tertiary/aromatic N) is 5. The lowest BCUT2D eigenvalue weighted by molar-refractivity contribution is 0.190. The zero-order chi connectivity index (χ0) is 17.6. The molecule has 6 nitrogen and oxygen atoms in total. The van der Waals surface area contributed by atoms with Crippen LogP contribution >= 0.6 is 0 Å². The molecule has 136 valence electrons. The molecule has 25 heavy (non-hydrogen) atoms. The molecule has 1 aliphatic rings. The molecule has 0 unspecified atom stereocenters. The number of hydrogen-bond acceptors (Lipinski definition) is 5. The van der Waals surface area contributed by atoms with Crippen molar-refractivity contribution in [1.82, 2.24) is 24.6 Å². The second kappa shape index (κ2) is 8.43. The maximum Gasteiger partial charge on any atom is 0.174 e. The molecule has 1 N–H and O–H groups in total. The molecule has 6 heteroatoms. The number of anilines is 1. The SMILES string of the molecule is Cc1cc(C)n(-c2cncc(NCCCCN3CCC(C)CC3)n2)n1. The highest BCUT2D eigenvalue weighted by Gasteiger charge is 2.14. The van der Waals surface area contributed by atoms with Crippen LogP contribution in [0.3, 0.4) is 0 Å². The van der Waals surface area contributed by atoms with Crippen molar-refractivity contribution in [2.75, 3.05) is 31.5 Å². The summed E-state index contributed by atoms with van der Waals surface area (Å²) in [6.07, 6.45) is 8.62. The van der Waals surface area contributed by atoms with Crippen LogP contribution in [0.15, 0.2) is 18.5 Å². The van der Waals surface area contributed by atoms with Crippen LogP contribution in [0, 0.1) is 19.8 Å². The Morgan fingerprint density at radius 3 is 2.68 bits per heavy atom. The van der Waals surface area contributed by atoms with E-state index in [9.17, 15) is 0 Å². The van der Waals surface area contributed by atoms with E-state index in [0.29, 0.717) is 0 Å². The third-order valence-corrected chi connectivity index (χ3v) is 4.93. The van der Waals surface area contributed by atoms with Gasteiger partial charge >= 0.3 is 0 Å². The van der Waals surface area contributed by atoms with Gasteiger partial charge in [-0.1, -0.05) is 6.92 Å². The minimum absolute atomic E-state index is 0.762. The molecule has 0 amide bonds. The monoisotopic (exact) mass is 342 g/mol. The first-order valence-electron chi connectivity index (χ1n) is 9.44. The molecule has 1 aliphatic heterocycles. The summed E-state index contributed by atoms with van der Waals surface area (Å²) in [7, 11) is 0. The minimum Gasteiger partial charge on any atom is -0.369 e. The predicted octanol–water partition coefficient (Wildman–Crippen LogP) is 3.20. The molecule has 0 aromatic carbocycles. The zero-order valence-corrected chi connectivity index (χ0v) is 15.7. The second-order valence-corrected chi connectivity index (χ2v) is 7.26. The first-order chi connectivity index (χ1) is 12.1. The highest BCUT2D eigenvalue weighted by atomic mass is 15.3. The molecule has 0 saturated carbocycles. The summed E-state index contributed by atoms with van der Waals surface area (Å²) in [5, 5.41) is 7.86. The molecule has 2 aromatic rings. The van der Waals surface area contributed by atoms with Crippen molar-refractivity contribution in [3.63, 3.8) is 0 Å². The van der Waals surface area contributed by atoms with E-state index < -0.39 is 0 Å². The lowest BCUT2D eigenvalue weighted by Crippen LogP contribution is -2.33. The Hall–Kier alpha value is -1.95. The van der Waals surface area contributed by atoms with Crippen LogP contribution in [-0.2, 0) is 0 Å². The minimum atomic E-state index is 0.762. The number of rotatable bonds is 7. The lowest BCUT2D eigenvalue weighted by Gasteiger charge is -2.30. The predicted molar refractivity (Wildman–Crippen MR) is 101 cm³/mol.